The Morgan fingerprint density at radius 2 is 1.77 bits per heavy atom. The molecule has 31 heavy (non-hydrogen) atoms. The second-order valence-corrected chi connectivity index (χ2v) is 7.22. The van der Waals surface area contributed by atoms with Gasteiger partial charge in [0.1, 0.15) is 0 Å². The third-order valence-corrected chi connectivity index (χ3v) is 5.10. The van der Waals surface area contributed by atoms with Crippen LogP contribution in [-0.2, 0) is 11.2 Å². The molecule has 1 aliphatic heterocycles. The Bertz CT molecular complexity index is 1080. The van der Waals surface area contributed by atoms with E-state index in [4.69, 9.17) is 0 Å². The maximum atomic E-state index is 12.4. The number of hydrogen-bond donors (Lipinski definition) is 3. The van der Waals surface area contributed by atoms with Gasteiger partial charge in [-0.15, -0.1) is 0 Å². The van der Waals surface area contributed by atoms with Gasteiger partial charge in [-0.05, 0) is 49.1 Å². The number of phenolic OH excluding ortho intramolecular Hbond substituents is 2. The summed E-state index contributed by atoms with van der Waals surface area (Å²) in [5.41, 5.74) is 1.42. The lowest BCUT2D eigenvalue weighted by Gasteiger charge is -2.13. The Morgan fingerprint density at radius 3 is 2.48 bits per heavy atom. The molecule has 0 fully saturated rings. The average Bonchev–Trinajstić information content (AvgIpc) is 2.96. The fraction of sp³-hybridized carbons (Fsp3) is 0.286. The number of nitrogens with one attached hydrogen (secondary N) is 1. The molecule has 0 unspecified atom stereocenters. The van der Waals surface area contributed by atoms with E-state index in [0.29, 0.717) is 13.0 Å². The van der Waals surface area contributed by atoms with Crippen LogP contribution in [0, 0.1) is 17.0 Å². The zero-order valence-electron chi connectivity index (χ0n) is 16.8. The number of aromatic hydroxyl groups is 2. The second-order valence-electron chi connectivity index (χ2n) is 7.22. The fourth-order valence-electron chi connectivity index (χ4n) is 3.41. The number of carbonyl (C=O) groups excluding carboxylic acids is 3. The zero-order chi connectivity index (χ0) is 22.7. The van der Waals surface area contributed by atoms with Crippen LogP contribution in [0.2, 0.25) is 0 Å². The number of carbonyl (C=O) groups is 3. The number of rotatable bonds is 8. The van der Waals surface area contributed by atoms with Crippen molar-refractivity contribution in [1.82, 2.24) is 10.2 Å². The first kappa shape index (κ1) is 21.8. The quantitative estimate of drug-likeness (QED) is 0.252. The first-order valence-corrected chi connectivity index (χ1v) is 9.62. The summed E-state index contributed by atoms with van der Waals surface area (Å²) < 4.78 is 0. The highest BCUT2D eigenvalue weighted by atomic mass is 16.6. The molecule has 162 valence electrons. The van der Waals surface area contributed by atoms with Crippen molar-refractivity contribution in [3.63, 3.8) is 0 Å². The number of nitro benzene ring substituents is 1. The molecule has 10 heteroatoms. The number of amides is 3. The van der Waals surface area contributed by atoms with Crippen molar-refractivity contribution in [2.24, 2.45) is 0 Å². The molecule has 0 aromatic heterocycles. The normalized spacial score (nSPS) is 12.7. The molecule has 0 saturated carbocycles. The highest BCUT2D eigenvalue weighted by molar-refractivity contribution is 6.21. The van der Waals surface area contributed by atoms with Crippen LogP contribution in [0.15, 0.2) is 30.3 Å². The van der Waals surface area contributed by atoms with E-state index in [1.54, 1.807) is 6.92 Å². The topological polar surface area (TPSA) is 150 Å². The Hall–Kier alpha value is -3.95. The third kappa shape index (κ3) is 4.63. The van der Waals surface area contributed by atoms with Gasteiger partial charge in [0.2, 0.25) is 5.91 Å². The van der Waals surface area contributed by atoms with Crippen molar-refractivity contribution in [2.45, 2.75) is 26.2 Å². The van der Waals surface area contributed by atoms with Crippen molar-refractivity contribution >= 4 is 23.4 Å². The van der Waals surface area contributed by atoms with Gasteiger partial charge in [0.25, 0.3) is 17.5 Å². The van der Waals surface area contributed by atoms with Crippen LogP contribution < -0.4 is 5.32 Å². The van der Waals surface area contributed by atoms with Crippen LogP contribution in [0.25, 0.3) is 0 Å². The Morgan fingerprint density at radius 1 is 1.10 bits per heavy atom. The van der Waals surface area contributed by atoms with Crippen molar-refractivity contribution in [3.05, 3.63) is 62.7 Å². The molecule has 1 heterocycles. The van der Waals surface area contributed by atoms with Crippen LogP contribution >= 0.6 is 0 Å². The Kier molecular flexibility index (Phi) is 6.19. The molecule has 0 aliphatic carbocycles. The Labute approximate surface area is 177 Å². The first-order valence-electron chi connectivity index (χ1n) is 9.62. The summed E-state index contributed by atoms with van der Waals surface area (Å²) in [7, 11) is 0. The molecule has 0 bridgehead atoms. The Balaban J connectivity index is 1.47. The van der Waals surface area contributed by atoms with E-state index in [-0.39, 0.29) is 53.6 Å². The molecular formula is C21H21N3O7. The minimum Gasteiger partial charge on any atom is -0.504 e. The lowest BCUT2D eigenvalue weighted by Crippen LogP contribution is -2.32. The predicted molar refractivity (Wildman–Crippen MR) is 109 cm³/mol. The lowest BCUT2D eigenvalue weighted by atomic mass is 10.0. The number of fused-ring (bicyclic) bond motifs is 1. The van der Waals surface area contributed by atoms with Crippen LogP contribution in [0.4, 0.5) is 5.69 Å². The van der Waals surface area contributed by atoms with Gasteiger partial charge < -0.3 is 15.5 Å². The van der Waals surface area contributed by atoms with Crippen molar-refractivity contribution in [2.75, 3.05) is 13.1 Å². The van der Waals surface area contributed by atoms with Crippen molar-refractivity contribution < 1.29 is 29.5 Å². The molecule has 0 saturated heterocycles. The molecule has 3 N–H and O–H groups in total. The highest BCUT2D eigenvalue weighted by Gasteiger charge is 2.36. The number of nitro groups is 1. The van der Waals surface area contributed by atoms with E-state index in [9.17, 15) is 34.7 Å². The van der Waals surface area contributed by atoms with E-state index in [0.717, 1.165) is 22.1 Å². The van der Waals surface area contributed by atoms with E-state index in [2.05, 4.69) is 5.32 Å². The smallest absolute Gasteiger partial charge is 0.270 e. The molecule has 3 rings (SSSR count). The van der Waals surface area contributed by atoms with Gasteiger partial charge in [-0.3, -0.25) is 29.4 Å². The standard InChI is InChI=1S/C21H21N3O7/c1-12-9-17(25)18(26)10-13(12)6-7-22-19(27)3-2-8-23-20(28)15-5-4-14(24(30)31)11-16(15)21(23)29/h4-5,9-11,25-26H,2-3,6-8H2,1H3,(H,22,27). The number of benzene rings is 2. The van der Waals surface area contributed by atoms with E-state index < -0.39 is 16.7 Å². The summed E-state index contributed by atoms with van der Waals surface area (Å²) in [5.74, 6) is -1.82. The highest BCUT2D eigenvalue weighted by Crippen LogP contribution is 2.28. The number of phenols is 2. The van der Waals surface area contributed by atoms with E-state index >= 15 is 0 Å². The average molecular weight is 427 g/mol. The molecular weight excluding hydrogens is 406 g/mol. The van der Waals surface area contributed by atoms with Crippen LogP contribution in [0.3, 0.4) is 0 Å². The number of nitrogens with zero attached hydrogens (tertiary/aromatic N) is 2. The summed E-state index contributed by atoms with van der Waals surface area (Å²) in [5, 5.41) is 32.6. The van der Waals surface area contributed by atoms with Gasteiger partial charge >= 0.3 is 0 Å². The van der Waals surface area contributed by atoms with E-state index in [1.807, 2.05) is 0 Å². The molecule has 2 aromatic rings. The predicted octanol–water partition coefficient (Wildman–Crippen LogP) is 2.05. The van der Waals surface area contributed by atoms with E-state index in [1.165, 1.54) is 24.3 Å². The maximum Gasteiger partial charge on any atom is 0.270 e. The first-order chi connectivity index (χ1) is 14.7. The van der Waals surface area contributed by atoms with Crippen molar-refractivity contribution in [3.8, 4) is 11.5 Å². The maximum absolute atomic E-state index is 12.4. The van der Waals surface area contributed by atoms with Gasteiger partial charge in [0.05, 0.1) is 16.1 Å². The number of imide groups is 1. The molecule has 1 aliphatic rings. The number of hydrogen-bond acceptors (Lipinski definition) is 7. The van der Waals surface area contributed by atoms with Crippen LogP contribution in [-0.4, -0.2) is 50.8 Å². The summed E-state index contributed by atoms with van der Waals surface area (Å²) in [6.45, 7) is 2.13. The molecule has 10 nitrogen and oxygen atoms in total. The zero-order valence-corrected chi connectivity index (χ0v) is 16.8. The SMILES string of the molecule is Cc1cc(O)c(O)cc1CCNC(=O)CCCN1C(=O)c2ccc([N+](=O)[O-])cc2C1=O. The molecule has 0 radical (unpaired) electrons. The summed E-state index contributed by atoms with van der Waals surface area (Å²) in [6.07, 6.45) is 0.800. The van der Waals surface area contributed by atoms with Gasteiger partial charge in [-0.1, -0.05) is 0 Å². The summed E-state index contributed by atoms with van der Waals surface area (Å²) >= 11 is 0. The van der Waals surface area contributed by atoms with Gasteiger partial charge in [0.15, 0.2) is 11.5 Å². The summed E-state index contributed by atoms with van der Waals surface area (Å²) in [4.78, 5) is 48.1. The molecule has 3 amide bonds. The minimum atomic E-state index is -0.633. The van der Waals surface area contributed by atoms with Gasteiger partial charge in [0, 0.05) is 31.6 Å². The minimum absolute atomic E-state index is 0.00354. The molecule has 0 atom stereocenters. The third-order valence-electron chi connectivity index (χ3n) is 5.10. The van der Waals surface area contributed by atoms with Gasteiger partial charge in [-0.2, -0.15) is 0 Å². The molecule has 0 spiro atoms. The number of aryl methyl sites for hydroxylation is 1. The monoisotopic (exact) mass is 427 g/mol. The van der Waals surface area contributed by atoms with Crippen LogP contribution in [0.5, 0.6) is 11.5 Å². The summed E-state index contributed by atoms with van der Waals surface area (Å²) in [6, 6.07) is 6.43. The largest absolute Gasteiger partial charge is 0.504 e. The lowest BCUT2D eigenvalue weighted by molar-refractivity contribution is -0.384. The van der Waals surface area contributed by atoms with Crippen molar-refractivity contribution in [1.29, 1.82) is 0 Å². The number of non-ortho nitro benzene ring substituents is 1. The second kappa shape index (κ2) is 8.82. The molecule has 2 aromatic carbocycles. The van der Waals surface area contributed by atoms with Gasteiger partial charge in [-0.25, -0.2) is 0 Å². The fourth-order valence-corrected chi connectivity index (χ4v) is 3.41. The van der Waals surface area contributed by atoms with Crippen LogP contribution in [0.1, 0.15) is 44.7 Å².